The molecule has 0 radical (unpaired) electrons. The lowest BCUT2D eigenvalue weighted by atomic mass is 10.2. The van der Waals surface area contributed by atoms with Crippen LogP contribution in [-0.4, -0.2) is 46.9 Å². The highest BCUT2D eigenvalue weighted by Crippen LogP contribution is 2.17. The normalized spacial score (nSPS) is 14.6. The lowest BCUT2D eigenvalue weighted by Crippen LogP contribution is -2.47. The van der Waals surface area contributed by atoms with E-state index in [1.165, 1.54) is 5.56 Å². The number of pyridine rings is 1. The number of piperazine rings is 1. The molecule has 0 bridgehead atoms. The first-order valence-electron chi connectivity index (χ1n) is 10.6. The van der Waals surface area contributed by atoms with Crippen LogP contribution in [0.15, 0.2) is 85.2 Å². The molecule has 0 N–H and O–H groups in total. The summed E-state index contributed by atoms with van der Waals surface area (Å²) in [4.78, 5) is 21.0. The van der Waals surface area contributed by atoms with Gasteiger partial charge in [0.25, 0.3) is 0 Å². The molecule has 1 fully saturated rings. The zero-order valence-corrected chi connectivity index (χ0v) is 17.6. The zero-order valence-electron chi connectivity index (χ0n) is 17.6. The molecule has 0 atom stereocenters. The summed E-state index contributed by atoms with van der Waals surface area (Å²) in [6.45, 7) is 4.67. The van der Waals surface area contributed by atoms with Crippen LogP contribution in [0.1, 0.15) is 16.7 Å². The summed E-state index contributed by atoms with van der Waals surface area (Å²) in [6.07, 6.45) is 7.17. The molecule has 0 aliphatic carbocycles. The van der Waals surface area contributed by atoms with Crippen molar-refractivity contribution in [3.8, 4) is 5.75 Å². The van der Waals surface area contributed by atoms with Crippen molar-refractivity contribution in [1.82, 2.24) is 14.8 Å². The maximum Gasteiger partial charge on any atom is 0.246 e. The number of amides is 1. The van der Waals surface area contributed by atoms with Gasteiger partial charge < -0.3 is 9.64 Å². The minimum atomic E-state index is 0.0548. The molecule has 0 spiro atoms. The summed E-state index contributed by atoms with van der Waals surface area (Å²) in [5, 5.41) is 0. The predicted molar refractivity (Wildman–Crippen MR) is 122 cm³/mol. The summed E-state index contributed by atoms with van der Waals surface area (Å²) < 4.78 is 5.88. The Hall–Kier alpha value is -3.44. The van der Waals surface area contributed by atoms with Crippen LogP contribution in [0.25, 0.3) is 6.08 Å². The molecule has 4 rings (SSSR count). The van der Waals surface area contributed by atoms with Crippen molar-refractivity contribution in [3.05, 3.63) is 102 Å². The fraction of sp³-hybridized carbons (Fsp3) is 0.231. The van der Waals surface area contributed by atoms with Crippen molar-refractivity contribution in [1.29, 1.82) is 0 Å². The summed E-state index contributed by atoms with van der Waals surface area (Å²) in [6, 6.07) is 22.0. The Morgan fingerprint density at radius 1 is 0.903 bits per heavy atom. The minimum absolute atomic E-state index is 0.0548. The van der Waals surface area contributed by atoms with Gasteiger partial charge in [-0.2, -0.15) is 0 Å². The van der Waals surface area contributed by atoms with E-state index in [1.807, 2.05) is 90.1 Å². The van der Waals surface area contributed by atoms with Crippen LogP contribution >= 0.6 is 0 Å². The van der Waals surface area contributed by atoms with E-state index in [-0.39, 0.29) is 5.91 Å². The number of ether oxygens (including phenoxy) is 1. The third kappa shape index (κ3) is 6.27. The predicted octanol–water partition coefficient (Wildman–Crippen LogP) is 4.02. The molecule has 1 aliphatic rings. The van der Waals surface area contributed by atoms with Crippen LogP contribution in [0, 0.1) is 0 Å². The topological polar surface area (TPSA) is 45.7 Å². The minimum Gasteiger partial charge on any atom is -0.489 e. The fourth-order valence-electron chi connectivity index (χ4n) is 3.59. The first-order valence-corrected chi connectivity index (χ1v) is 10.6. The van der Waals surface area contributed by atoms with Gasteiger partial charge in [-0.05, 0) is 47.0 Å². The molecule has 158 valence electrons. The van der Waals surface area contributed by atoms with Crippen molar-refractivity contribution in [2.45, 2.75) is 13.2 Å². The monoisotopic (exact) mass is 413 g/mol. The van der Waals surface area contributed by atoms with E-state index in [0.717, 1.165) is 49.6 Å². The second kappa shape index (κ2) is 10.5. The Kier molecular flexibility index (Phi) is 7.08. The molecule has 5 nitrogen and oxygen atoms in total. The second-order valence-electron chi connectivity index (χ2n) is 7.64. The molecule has 3 aromatic rings. The van der Waals surface area contributed by atoms with Crippen molar-refractivity contribution >= 4 is 12.0 Å². The molecule has 2 heterocycles. The highest BCUT2D eigenvalue weighted by atomic mass is 16.5. The van der Waals surface area contributed by atoms with Gasteiger partial charge in [-0.1, -0.05) is 42.5 Å². The van der Waals surface area contributed by atoms with Gasteiger partial charge in [-0.25, -0.2) is 0 Å². The Balaban J connectivity index is 1.26. The van der Waals surface area contributed by atoms with E-state index in [1.54, 1.807) is 6.08 Å². The van der Waals surface area contributed by atoms with Gasteiger partial charge in [0.2, 0.25) is 5.91 Å². The molecule has 1 aliphatic heterocycles. The second-order valence-corrected chi connectivity index (χ2v) is 7.64. The van der Waals surface area contributed by atoms with Crippen LogP contribution in [0.4, 0.5) is 0 Å². The van der Waals surface area contributed by atoms with E-state index in [4.69, 9.17) is 4.74 Å². The quantitative estimate of drug-likeness (QED) is 0.549. The Labute approximate surface area is 183 Å². The molecular formula is C26H27N3O2. The number of carbonyl (C=O) groups is 1. The number of hydrogen-bond donors (Lipinski definition) is 0. The van der Waals surface area contributed by atoms with Gasteiger partial charge in [0.05, 0.1) is 0 Å². The summed E-state index contributed by atoms with van der Waals surface area (Å²) >= 11 is 0. The number of benzene rings is 2. The summed E-state index contributed by atoms with van der Waals surface area (Å²) in [7, 11) is 0. The van der Waals surface area contributed by atoms with Gasteiger partial charge in [-0.15, -0.1) is 0 Å². The molecule has 1 saturated heterocycles. The smallest absolute Gasteiger partial charge is 0.246 e. The molecule has 0 saturated carbocycles. The average Bonchev–Trinajstić information content (AvgIpc) is 2.83. The van der Waals surface area contributed by atoms with Crippen LogP contribution in [-0.2, 0) is 17.9 Å². The van der Waals surface area contributed by atoms with E-state index in [2.05, 4.69) is 9.88 Å². The molecule has 31 heavy (non-hydrogen) atoms. The average molecular weight is 414 g/mol. The maximum atomic E-state index is 12.6. The van der Waals surface area contributed by atoms with E-state index in [0.29, 0.717) is 6.61 Å². The fourth-order valence-corrected chi connectivity index (χ4v) is 3.59. The van der Waals surface area contributed by atoms with Gasteiger partial charge in [0.15, 0.2) is 0 Å². The molecule has 5 heteroatoms. The van der Waals surface area contributed by atoms with Crippen molar-refractivity contribution in [2.24, 2.45) is 0 Å². The lowest BCUT2D eigenvalue weighted by molar-refractivity contribution is -0.127. The number of carbonyl (C=O) groups excluding carboxylic acids is 1. The van der Waals surface area contributed by atoms with Crippen molar-refractivity contribution < 1.29 is 9.53 Å². The van der Waals surface area contributed by atoms with Gasteiger partial charge in [0.1, 0.15) is 12.4 Å². The zero-order chi connectivity index (χ0) is 21.3. The SMILES string of the molecule is O=C(/C=C/c1cccc(OCc2ccccc2)c1)N1CCN(Cc2ccncc2)CC1. The van der Waals surface area contributed by atoms with Crippen molar-refractivity contribution in [3.63, 3.8) is 0 Å². The Morgan fingerprint density at radius 2 is 1.68 bits per heavy atom. The Bertz CT molecular complexity index is 997. The van der Waals surface area contributed by atoms with E-state index in [9.17, 15) is 4.79 Å². The highest BCUT2D eigenvalue weighted by molar-refractivity contribution is 5.91. The molecule has 0 unspecified atom stereocenters. The van der Waals surface area contributed by atoms with Gasteiger partial charge in [0, 0.05) is 51.2 Å². The lowest BCUT2D eigenvalue weighted by Gasteiger charge is -2.34. The van der Waals surface area contributed by atoms with Crippen LogP contribution < -0.4 is 4.74 Å². The van der Waals surface area contributed by atoms with E-state index >= 15 is 0 Å². The Morgan fingerprint density at radius 3 is 2.45 bits per heavy atom. The number of rotatable bonds is 7. The molecule has 2 aromatic carbocycles. The highest BCUT2D eigenvalue weighted by Gasteiger charge is 2.19. The van der Waals surface area contributed by atoms with Crippen molar-refractivity contribution in [2.75, 3.05) is 26.2 Å². The van der Waals surface area contributed by atoms with Crippen LogP contribution in [0.3, 0.4) is 0 Å². The number of aromatic nitrogens is 1. The first kappa shape index (κ1) is 20.8. The third-order valence-corrected chi connectivity index (χ3v) is 5.36. The first-order chi connectivity index (χ1) is 15.3. The molecular weight excluding hydrogens is 386 g/mol. The summed E-state index contributed by atoms with van der Waals surface area (Å²) in [5.41, 5.74) is 3.33. The standard InChI is InChI=1S/C26H27N3O2/c30-26(29-17-15-28(16-18-29)20-23-11-13-27-14-12-23)10-9-22-7-4-8-25(19-22)31-21-24-5-2-1-3-6-24/h1-14,19H,15-18,20-21H2/b10-9+. The van der Waals surface area contributed by atoms with E-state index < -0.39 is 0 Å². The summed E-state index contributed by atoms with van der Waals surface area (Å²) in [5.74, 6) is 0.849. The van der Waals surface area contributed by atoms with Gasteiger partial charge >= 0.3 is 0 Å². The number of hydrogen-bond acceptors (Lipinski definition) is 4. The molecule has 1 aromatic heterocycles. The maximum absolute atomic E-state index is 12.6. The largest absolute Gasteiger partial charge is 0.489 e. The van der Waals surface area contributed by atoms with Crippen LogP contribution in [0.5, 0.6) is 5.75 Å². The molecule has 1 amide bonds. The third-order valence-electron chi connectivity index (χ3n) is 5.36. The van der Waals surface area contributed by atoms with Gasteiger partial charge in [-0.3, -0.25) is 14.7 Å². The number of nitrogens with zero attached hydrogens (tertiary/aromatic N) is 3. The van der Waals surface area contributed by atoms with Crippen LogP contribution in [0.2, 0.25) is 0 Å².